The summed E-state index contributed by atoms with van der Waals surface area (Å²) in [5.41, 5.74) is 8.62. The highest BCUT2D eigenvalue weighted by Gasteiger charge is 2.56. The number of urea groups is 1. The Balaban J connectivity index is 1.41. The van der Waals surface area contributed by atoms with Crippen LogP contribution in [0.25, 0.3) is 0 Å². The third-order valence-electron chi connectivity index (χ3n) is 7.98. The van der Waals surface area contributed by atoms with E-state index < -0.39 is 11.6 Å². The number of primary amides is 1. The molecule has 2 aliphatic heterocycles. The quantitative estimate of drug-likeness (QED) is 0.713. The van der Waals surface area contributed by atoms with E-state index in [0.717, 1.165) is 17.7 Å². The second-order valence-electron chi connectivity index (χ2n) is 9.88. The zero-order valence-electron chi connectivity index (χ0n) is 20.1. The maximum Gasteiger partial charge on any atom is 0.314 e. The Labute approximate surface area is 201 Å². The van der Waals surface area contributed by atoms with Crippen molar-refractivity contribution in [2.24, 2.45) is 5.73 Å². The lowest BCUT2D eigenvalue weighted by Gasteiger charge is -2.41. The number of rotatable bonds is 6. The van der Waals surface area contributed by atoms with Crippen LogP contribution in [0.15, 0.2) is 48.5 Å². The number of carbonyl (C=O) groups excluding carboxylic acids is 2. The van der Waals surface area contributed by atoms with E-state index in [2.05, 4.69) is 48.3 Å². The zero-order valence-corrected chi connectivity index (χ0v) is 20.1. The number of nitrogens with two attached hydrogens (primary N) is 1. The lowest BCUT2D eigenvalue weighted by molar-refractivity contribution is -0.135. The predicted molar refractivity (Wildman–Crippen MR) is 130 cm³/mol. The van der Waals surface area contributed by atoms with Gasteiger partial charge in [-0.15, -0.1) is 0 Å². The highest BCUT2D eigenvalue weighted by Crippen LogP contribution is 2.46. The number of benzene rings is 2. The third kappa shape index (κ3) is 4.02. The lowest BCUT2D eigenvalue weighted by atomic mass is 9.86. The van der Waals surface area contributed by atoms with Crippen molar-refractivity contribution in [2.75, 3.05) is 33.8 Å². The van der Waals surface area contributed by atoms with E-state index in [4.69, 9.17) is 10.5 Å². The molecule has 1 aliphatic carbocycles. The summed E-state index contributed by atoms with van der Waals surface area (Å²) < 4.78 is 5.28. The van der Waals surface area contributed by atoms with Crippen molar-refractivity contribution in [3.05, 3.63) is 65.2 Å². The topological polar surface area (TPSA) is 79.1 Å². The second kappa shape index (κ2) is 8.95. The van der Waals surface area contributed by atoms with Crippen LogP contribution >= 0.6 is 0 Å². The molecule has 3 aliphatic rings. The molecule has 2 aromatic rings. The van der Waals surface area contributed by atoms with Crippen LogP contribution in [0.1, 0.15) is 54.5 Å². The first-order valence-corrected chi connectivity index (χ1v) is 12.2. The van der Waals surface area contributed by atoms with Gasteiger partial charge in [-0.1, -0.05) is 36.4 Å². The number of likely N-dealkylation sites (tertiary alicyclic amines) is 1. The van der Waals surface area contributed by atoms with Crippen molar-refractivity contribution in [3.63, 3.8) is 0 Å². The number of methoxy groups -OCH3 is 1. The third-order valence-corrected chi connectivity index (χ3v) is 7.98. The van der Waals surface area contributed by atoms with Gasteiger partial charge in [0.05, 0.1) is 7.11 Å². The summed E-state index contributed by atoms with van der Waals surface area (Å²) in [7, 11) is 3.72. The normalized spacial score (nSPS) is 22.4. The van der Waals surface area contributed by atoms with Gasteiger partial charge in [0.15, 0.2) is 0 Å². The number of piperidine rings is 1. The van der Waals surface area contributed by atoms with Crippen LogP contribution in [0, 0.1) is 0 Å². The molecule has 3 fully saturated rings. The van der Waals surface area contributed by atoms with Crippen LogP contribution in [-0.4, -0.2) is 66.0 Å². The van der Waals surface area contributed by atoms with Crippen LogP contribution < -0.4 is 10.5 Å². The van der Waals surface area contributed by atoms with Gasteiger partial charge in [0.2, 0.25) is 5.91 Å². The average molecular weight is 463 g/mol. The van der Waals surface area contributed by atoms with Gasteiger partial charge in [0.1, 0.15) is 17.5 Å². The highest BCUT2D eigenvalue weighted by atomic mass is 16.5. The first-order valence-electron chi connectivity index (χ1n) is 12.2. The maximum atomic E-state index is 14.0. The molecule has 1 spiro atoms. The number of amides is 3. The van der Waals surface area contributed by atoms with E-state index in [1.54, 1.807) is 12.0 Å². The zero-order chi connectivity index (χ0) is 23.9. The molecule has 1 atom stereocenters. The Hall–Kier alpha value is -3.06. The fourth-order valence-corrected chi connectivity index (χ4v) is 5.66. The number of carbonyl (C=O) groups is 2. The molecule has 5 rings (SSSR count). The van der Waals surface area contributed by atoms with Gasteiger partial charge < -0.3 is 20.3 Å². The molecule has 2 saturated heterocycles. The minimum absolute atomic E-state index is 0.126. The molecule has 3 amide bonds. The number of ether oxygens (including phenoxy) is 1. The van der Waals surface area contributed by atoms with Crippen molar-refractivity contribution in [1.82, 2.24) is 14.7 Å². The van der Waals surface area contributed by atoms with Crippen molar-refractivity contribution in [1.29, 1.82) is 0 Å². The lowest BCUT2D eigenvalue weighted by Crippen LogP contribution is -2.56. The van der Waals surface area contributed by atoms with Crippen LogP contribution in [-0.2, 0) is 11.2 Å². The Morgan fingerprint density at radius 2 is 1.65 bits per heavy atom. The molecule has 0 radical (unpaired) electrons. The number of likely N-dealkylation sites (N-methyl/N-ethyl adjacent to an activating group) is 1. The standard InChI is InChI=1S/C27H34N4O3/c1-29-24(22-9-7-21(8-10-22)20-5-6-20)31(16-13-19-3-11-23(34-2)12-4-19)25(32)27(29)14-17-30(18-15-27)26(28)33/h3-4,7-12,20,24H,5-6,13-18H2,1-2H3,(H2,28,33)/t24-/m1/s1. The van der Waals surface area contributed by atoms with Gasteiger partial charge in [0.25, 0.3) is 0 Å². The summed E-state index contributed by atoms with van der Waals surface area (Å²) in [4.78, 5) is 31.6. The minimum Gasteiger partial charge on any atom is -0.497 e. The van der Waals surface area contributed by atoms with Crippen molar-refractivity contribution in [2.45, 2.75) is 49.7 Å². The van der Waals surface area contributed by atoms with Crippen molar-refractivity contribution in [3.8, 4) is 5.75 Å². The number of hydrogen-bond donors (Lipinski definition) is 1. The van der Waals surface area contributed by atoms with Crippen molar-refractivity contribution >= 4 is 11.9 Å². The largest absolute Gasteiger partial charge is 0.497 e. The summed E-state index contributed by atoms with van der Waals surface area (Å²) in [6.07, 6.45) is 4.38. The van der Waals surface area contributed by atoms with Gasteiger partial charge in [-0.25, -0.2) is 4.79 Å². The van der Waals surface area contributed by atoms with E-state index in [1.807, 2.05) is 17.0 Å². The number of nitrogens with zero attached hydrogens (tertiary/aromatic N) is 3. The fraction of sp³-hybridized carbons (Fsp3) is 0.481. The van der Waals surface area contributed by atoms with E-state index >= 15 is 0 Å². The first kappa shape index (κ1) is 22.7. The van der Waals surface area contributed by atoms with Gasteiger partial charge in [-0.05, 0) is 73.9 Å². The van der Waals surface area contributed by atoms with E-state index in [-0.39, 0.29) is 12.1 Å². The molecule has 7 heteroatoms. The predicted octanol–water partition coefficient (Wildman–Crippen LogP) is 3.50. The van der Waals surface area contributed by atoms with E-state index in [9.17, 15) is 9.59 Å². The summed E-state index contributed by atoms with van der Waals surface area (Å²) in [5, 5.41) is 0. The second-order valence-corrected chi connectivity index (χ2v) is 9.88. The fourth-order valence-electron chi connectivity index (χ4n) is 5.66. The highest BCUT2D eigenvalue weighted by molar-refractivity contribution is 5.89. The molecule has 180 valence electrons. The van der Waals surface area contributed by atoms with Gasteiger partial charge in [-0.3, -0.25) is 9.69 Å². The molecule has 0 bridgehead atoms. The van der Waals surface area contributed by atoms with Gasteiger partial charge in [0, 0.05) is 19.6 Å². The van der Waals surface area contributed by atoms with Crippen molar-refractivity contribution < 1.29 is 14.3 Å². The smallest absolute Gasteiger partial charge is 0.314 e. The molecular weight excluding hydrogens is 428 g/mol. The van der Waals surface area contributed by atoms with E-state index in [1.165, 1.54) is 24.0 Å². The molecule has 2 N–H and O–H groups in total. The summed E-state index contributed by atoms with van der Waals surface area (Å²) in [5.74, 6) is 1.69. The molecule has 7 nitrogen and oxygen atoms in total. The monoisotopic (exact) mass is 462 g/mol. The van der Waals surface area contributed by atoms with E-state index in [0.29, 0.717) is 38.4 Å². The summed E-state index contributed by atoms with van der Waals surface area (Å²) >= 11 is 0. The first-order chi connectivity index (χ1) is 16.4. The Morgan fingerprint density at radius 3 is 2.21 bits per heavy atom. The average Bonchev–Trinajstić information content (AvgIpc) is 3.69. The molecule has 2 heterocycles. The minimum atomic E-state index is -0.605. The Bertz CT molecular complexity index is 1040. The van der Waals surface area contributed by atoms with Crippen LogP contribution in [0.4, 0.5) is 4.79 Å². The van der Waals surface area contributed by atoms with Gasteiger partial charge in [-0.2, -0.15) is 0 Å². The molecule has 0 aromatic heterocycles. The molecule has 2 aromatic carbocycles. The Kier molecular flexibility index (Phi) is 5.98. The van der Waals surface area contributed by atoms with Crippen LogP contribution in [0.3, 0.4) is 0 Å². The Morgan fingerprint density at radius 1 is 1.03 bits per heavy atom. The molecular formula is C27H34N4O3. The SMILES string of the molecule is COc1ccc(CCN2C(=O)C3(CCN(C(N)=O)CC3)N(C)[C@H]2c2ccc(C3CC3)cc2)cc1. The van der Waals surface area contributed by atoms with Crippen LogP contribution in [0.2, 0.25) is 0 Å². The number of hydrogen-bond acceptors (Lipinski definition) is 4. The molecule has 0 unspecified atom stereocenters. The molecule has 34 heavy (non-hydrogen) atoms. The molecule has 1 saturated carbocycles. The summed E-state index contributed by atoms with van der Waals surface area (Å²) in [6, 6.07) is 16.5. The van der Waals surface area contributed by atoms with Crippen LogP contribution in [0.5, 0.6) is 5.75 Å². The maximum absolute atomic E-state index is 14.0. The summed E-state index contributed by atoms with van der Waals surface area (Å²) in [6.45, 7) is 1.64. The van der Waals surface area contributed by atoms with Gasteiger partial charge >= 0.3 is 6.03 Å².